The predicted molar refractivity (Wildman–Crippen MR) is 66.7 cm³/mol. The molecule has 4 heteroatoms. The third kappa shape index (κ3) is 2.98. The Hall–Kier alpha value is -1.03. The lowest BCUT2D eigenvalue weighted by atomic mass is 10.1. The summed E-state index contributed by atoms with van der Waals surface area (Å²) < 4.78 is 3.56. The Morgan fingerprint density at radius 2 is 1.94 bits per heavy atom. The van der Waals surface area contributed by atoms with E-state index in [4.69, 9.17) is 0 Å². The van der Waals surface area contributed by atoms with Crippen LogP contribution in [0.4, 0.5) is 0 Å². The van der Waals surface area contributed by atoms with Crippen LogP contribution in [-0.2, 0) is 13.1 Å². The first-order chi connectivity index (χ1) is 7.60. The molecule has 0 aliphatic rings. The van der Waals surface area contributed by atoms with Crippen LogP contribution < -0.4 is 11.0 Å². The first-order valence-corrected chi connectivity index (χ1v) is 6.03. The second-order valence-electron chi connectivity index (χ2n) is 4.57. The highest BCUT2D eigenvalue weighted by Crippen LogP contribution is 2.03. The second-order valence-corrected chi connectivity index (χ2v) is 4.57. The molecule has 1 atom stereocenters. The van der Waals surface area contributed by atoms with Crippen molar-refractivity contribution in [3.63, 3.8) is 0 Å². The smallest absolute Gasteiger partial charge is 0.315 e. The average molecular weight is 225 g/mol. The zero-order valence-corrected chi connectivity index (χ0v) is 10.7. The van der Waals surface area contributed by atoms with Gasteiger partial charge in [-0.25, -0.2) is 4.79 Å². The fourth-order valence-electron chi connectivity index (χ4n) is 1.85. The van der Waals surface area contributed by atoms with Crippen molar-refractivity contribution in [1.29, 1.82) is 0 Å². The van der Waals surface area contributed by atoms with Crippen LogP contribution in [-0.4, -0.2) is 22.2 Å². The van der Waals surface area contributed by atoms with Gasteiger partial charge < -0.3 is 5.32 Å². The largest absolute Gasteiger partial charge is 0.328 e. The molecule has 0 radical (unpaired) electrons. The summed E-state index contributed by atoms with van der Waals surface area (Å²) in [7, 11) is 1.94. The number of likely N-dealkylation sites (N-methyl/N-ethyl adjacent to an activating group) is 1. The molecule has 16 heavy (non-hydrogen) atoms. The maximum Gasteiger partial charge on any atom is 0.328 e. The summed E-state index contributed by atoms with van der Waals surface area (Å²) in [6, 6.07) is 0.343. The molecule has 0 aliphatic carbocycles. The molecule has 0 aromatic carbocycles. The summed E-state index contributed by atoms with van der Waals surface area (Å²) in [5.41, 5.74) is 0.0998. The van der Waals surface area contributed by atoms with Crippen molar-refractivity contribution in [3.8, 4) is 0 Å². The molecule has 1 N–H and O–H groups in total. The molecular weight excluding hydrogens is 202 g/mol. The van der Waals surface area contributed by atoms with Gasteiger partial charge >= 0.3 is 5.69 Å². The monoisotopic (exact) mass is 225 g/mol. The van der Waals surface area contributed by atoms with Crippen molar-refractivity contribution < 1.29 is 0 Å². The molecule has 92 valence electrons. The summed E-state index contributed by atoms with van der Waals surface area (Å²) in [4.78, 5) is 11.9. The van der Waals surface area contributed by atoms with Crippen LogP contribution in [0.5, 0.6) is 0 Å². The Labute approximate surface area is 97.3 Å². The second kappa shape index (κ2) is 5.89. The van der Waals surface area contributed by atoms with Gasteiger partial charge in [-0.1, -0.05) is 20.8 Å². The first-order valence-electron chi connectivity index (χ1n) is 6.03. The molecule has 0 saturated heterocycles. The van der Waals surface area contributed by atoms with Gasteiger partial charge in [0.25, 0.3) is 0 Å². The lowest BCUT2D eigenvalue weighted by Gasteiger charge is -2.19. The maximum atomic E-state index is 11.9. The van der Waals surface area contributed by atoms with Crippen LogP contribution >= 0.6 is 0 Å². The standard InChI is InChI=1S/C12H23N3O/c1-5-6-14-7-8-15(12(14)16)9-11(13-4)10(2)3/h7-8,10-11,13H,5-6,9H2,1-4H3. The van der Waals surface area contributed by atoms with E-state index in [0.29, 0.717) is 12.0 Å². The van der Waals surface area contributed by atoms with Crippen molar-refractivity contribution in [3.05, 3.63) is 22.9 Å². The molecule has 0 spiro atoms. The van der Waals surface area contributed by atoms with Crippen molar-refractivity contribution in [2.75, 3.05) is 7.05 Å². The quantitative estimate of drug-likeness (QED) is 0.792. The summed E-state index contributed by atoms with van der Waals surface area (Å²) >= 11 is 0. The highest BCUT2D eigenvalue weighted by Gasteiger charge is 2.13. The molecule has 1 rings (SSSR count). The van der Waals surface area contributed by atoms with E-state index in [1.165, 1.54) is 0 Å². The van der Waals surface area contributed by atoms with Gasteiger partial charge in [0.05, 0.1) is 0 Å². The minimum absolute atomic E-state index is 0.0998. The van der Waals surface area contributed by atoms with Gasteiger partial charge in [0, 0.05) is 31.5 Å². The summed E-state index contributed by atoms with van der Waals surface area (Å²) in [6.45, 7) is 7.94. The molecule has 0 saturated carbocycles. The Kier molecular flexibility index (Phi) is 4.80. The van der Waals surface area contributed by atoms with Gasteiger partial charge in [0.15, 0.2) is 0 Å². The Morgan fingerprint density at radius 3 is 2.44 bits per heavy atom. The summed E-state index contributed by atoms with van der Waals surface area (Å²) in [5.74, 6) is 0.520. The van der Waals surface area contributed by atoms with Crippen molar-refractivity contribution in [1.82, 2.24) is 14.5 Å². The first kappa shape index (κ1) is 13.0. The van der Waals surface area contributed by atoms with E-state index in [-0.39, 0.29) is 5.69 Å². The molecule has 0 amide bonds. The Morgan fingerprint density at radius 1 is 1.31 bits per heavy atom. The minimum Gasteiger partial charge on any atom is -0.315 e. The third-order valence-electron chi connectivity index (χ3n) is 2.95. The highest BCUT2D eigenvalue weighted by atomic mass is 16.1. The van der Waals surface area contributed by atoms with Gasteiger partial charge in [-0.2, -0.15) is 0 Å². The lowest BCUT2D eigenvalue weighted by molar-refractivity contribution is 0.371. The fourth-order valence-corrected chi connectivity index (χ4v) is 1.85. The van der Waals surface area contributed by atoms with Crippen LogP contribution in [0.25, 0.3) is 0 Å². The number of nitrogens with one attached hydrogen (secondary N) is 1. The van der Waals surface area contributed by atoms with E-state index in [9.17, 15) is 4.79 Å². The van der Waals surface area contributed by atoms with Crippen LogP contribution in [0.15, 0.2) is 17.2 Å². The molecule has 1 aromatic rings. The molecule has 1 unspecified atom stereocenters. The topological polar surface area (TPSA) is 39.0 Å². The number of imidazole rings is 1. The van der Waals surface area contributed by atoms with Crippen LogP contribution in [0.3, 0.4) is 0 Å². The van der Waals surface area contributed by atoms with E-state index in [1.54, 1.807) is 9.13 Å². The van der Waals surface area contributed by atoms with E-state index in [1.807, 2.05) is 19.4 Å². The maximum absolute atomic E-state index is 11.9. The molecular formula is C12H23N3O. The van der Waals surface area contributed by atoms with Gasteiger partial charge in [-0.3, -0.25) is 9.13 Å². The summed E-state index contributed by atoms with van der Waals surface area (Å²) in [6.07, 6.45) is 4.74. The zero-order chi connectivity index (χ0) is 12.1. The van der Waals surface area contributed by atoms with Crippen LogP contribution in [0.1, 0.15) is 27.2 Å². The molecule has 4 nitrogen and oxygen atoms in total. The van der Waals surface area contributed by atoms with Gasteiger partial charge in [0.1, 0.15) is 0 Å². The molecule has 0 aliphatic heterocycles. The highest BCUT2D eigenvalue weighted by molar-refractivity contribution is 4.84. The fraction of sp³-hybridized carbons (Fsp3) is 0.750. The average Bonchev–Trinajstić information content (AvgIpc) is 2.58. The molecule has 1 heterocycles. The number of hydrogen-bond acceptors (Lipinski definition) is 2. The van der Waals surface area contributed by atoms with Crippen molar-refractivity contribution in [2.45, 2.75) is 46.3 Å². The normalized spacial score (nSPS) is 13.3. The Bertz CT molecular complexity index is 365. The number of aromatic nitrogens is 2. The van der Waals surface area contributed by atoms with Gasteiger partial charge in [-0.15, -0.1) is 0 Å². The number of hydrogen-bond donors (Lipinski definition) is 1. The third-order valence-corrected chi connectivity index (χ3v) is 2.95. The van der Waals surface area contributed by atoms with E-state index in [0.717, 1.165) is 19.5 Å². The Balaban J connectivity index is 2.77. The van der Waals surface area contributed by atoms with E-state index >= 15 is 0 Å². The molecule has 0 bridgehead atoms. The van der Waals surface area contributed by atoms with Crippen LogP contribution in [0.2, 0.25) is 0 Å². The minimum atomic E-state index is 0.0998. The SMILES string of the molecule is CCCn1ccn(CC(NC)C(C)C)c1=O. The van der Waals surface area contributed by atoms with Crippen molar-refractivity contribution >= 4 is 0 Å². The van der Waals surface area contributed by atoms with Gasteiger partial charge in [0.2, 0.25) is 0 Å². The van der Waals surface area contributed by atoms with Gasteiger partial charge in [-0.05, 0) is 19.4 Å². The zero-order valence-electron chi connectivity index (χ0n) is 10.7. The number of aryl methyl sites for hydroxylation is 1. The van der Waals surface area contributed by atoms with Crippen molar-refractivity contribution in [2.24, 2.45) is 5.92 Å². The summed E-state index contributed by atoms with van der Waals surface area (Å²) in [5, 5.41) is 3.25. The van der Waals surface area contributed by atoms with E-state index in [2.05, 4.69) is 26.1 Å². The molecule has 1 aromatic heterocycles. The van der Waals surface area contributed by atoms with E-state index < -0.39 is 0 Å². The number of rotatable bonds is 6. The van der Waals surface area contributed by atoms with Crippen LogP contribution in [0, 0.1) is 5.92 Å². The predicted octanol–water partition coefficient (Wildman–Crippen LogP) is 1.30. The number of nitrogens with zero attached hydrogens (tertiary/aromatic N) is 2. The molecule has 0 fully saturated rings. The lowest BCUT2D eigenvalue weighted by Crippen LogP contribution is -2.38.